The van der Waals surface area contributed by atoms with Crippen molar-refractivity contribution in [1.29, 1.82) is 0 Å². The molecule has 0 aromatic carbocycles. The van der Waals surface area contributed by atoms with Crippen LogP contribution in [0.5, 0.6) is 0 Å². The van der Waals surface area contributed by atoms with Gasteiger partial charge in [0.2, 0.25) is 0 Å². The van der Waals surface area contributed by atoms with Crippen molar-refractivity contribution in [2.45, 2.75) is 154 Å². The Hall–Kier alpha value is -3.22. The van der Waals surface area contributed by atoms with Crippen molar-refractivity contribution in [2.24, 2.45) is 0 Å². The largest absolute Gasteiger partial charge is 0.472 e. The summed E-state index contributed by atoms with van der Waals surface area (Å²) >= 11 is 0. The molecule has 0 aliphatic heterocycles. The van der Waals surface area contributed by atoms with Crippen LogP contribution < -0.4 is 0 Å². The lowest BCUT2D eigenvalue weighted by Crippen LogP contribution is -2.29. The monoisotopic (exact) mass is 924 g/mol. The van der Waals surface area contributed by atoms with E-state index in [1.54, 1.807) is 0 Å². The highest BCUT2D eigenvalue weighted by Gasteiger charge is 2.28. The van der Waals surface area contributed by atoms with Crippen molar-refractivity contribution in [2.75, 3.05) is 26.4 Å². The van der Waals surface area contributed by atoms with Gasteiger partial charge in [0.1, 0.15) is 12.7 Å². The fourth-order valence-corrected chi connectivity index (χ4v) is 6.36. The number of esters is 2. The first kappa shape index (κ1) is 59.8. The van der Waals surface area contributed by atoms with Crippen LogP contribution in [0.2, 0.25) is 0 Å². The molecule has 1 unspecified atom stereocenters. The van der Waals surface area contributed by atoms with Crippen molar-refractivity contribution in [3.8, 4) is 0 Å². The molecule has 13 nitrogen and oxygen atoms in total. The molecule has 0 saturated heterocycles. The molecule has 0 spiro atoms. The van der Waals surface area contributed by atoms with Crippen molar-refractivity contribution < 1.29 is 61.6 Å². The molecule has 0 aromatic heterocycles. The molecular weight excluding hydrogens is 846 g/mol. The molecule has 0 aliphatic rings. The molecule has 0 heterocycles. The third kappa shape index (κ3) is 46.6. The first-order chi connectivity index (χ1) is 30.4. The number of hydrogen-bond donors (Lipinski definition) is 4. The Bertz CT molecular complexity index is 1520. The van der Waals surface area contributed by atoms with Gasteiger partial charge in [-0.05, 0) is 89.9 Å². The lowest BCUT2D eigenvalue weighted by atomic mass is 10.2. The number of carbonyl (C=O) groups is 2. The molecule has 0 amide bonds. The molecule has 0 aliphatic carbocycles. The maximum Gasteiger partial charge on any atom is 0.472 e. The van der Waals surface area contributed by atoms with E-state index in [1.807, 2.05) is 30.4 Å². The predicted molar refractivity (Wildman–Crippen MR) is 253 cm³/mol. The fourth-order valence-electron chi connectivity index (χ4n) is 5.20. The summed E-state index contributed by atoms with van der Waals surface area (Å²) < 4.78 is 47.7. The van der Waals surface area contributed by atoms with Gasteiger partial charge in [-0.1, -0.05) is 149 Å². The van der Waals surface area contributed by atoms with Crippen LogP contribution in [0.25, 0.3) is 0 Å². The lowest BCUT2D eigenvalue weighted by Gasteiger charge is -2.20. The standard InChI is InChI=1S/C48H78O13P2/c1-3-5-7-9-11-13-15-17-19-21-22-24-25-27-29-31-33-35-37-39-47(50)57-43-46(44-60-63(55,56)59-42-45(49)41-58-62(52,53)54)61-48(51)40-38-36-34-32-30-28-26-23-20-18-16-14-12-10-8-6-4-2/h11-14,17-20,22,24,26-29,32-35,45-46,49H,3-10,15-16,21,23,25,30-31,36-44H2,1-2H3,(H,55,56)(H2,52,53,54)/b13-11-,14-12-,19-17-,20-18-,24-22-,28-26-,29-27-,34-32-,35-33-/t45-,46+/m0/s1. The van der Waals surface area contributed by atoms with Crippen molar-refractivity contribution in [1.82, 2.24) is 0 Å². The van der Waals surface area contributed by atoms with Gasteiger partial charge in [0, 0.05) is 12.8 Å². The Morgan fingerprint density at radius 1 is 0.460 bits per heavy atom. The van der Waals surface area contributed by atoms with Crippen LogP contribution in [0.15, 0.2) is 109 Å². The number of carbonyl (C=O) groups excluding carboxylic acids is 2. The molecule has 0 radical (unpaired) electrons. The van der Waals surface area contributed by atoms with E-state index in [1.165, 1.54) is 38.5 Å². The molecule has 0 rings (SSSR count). The summed E-state index contributed by atoms with van der Waals surface area (Å²) in [7, 11) is -9.73. The zero-order valence-corrected chi connectivity index (χ0v) is 39.7. The van der Waals surface area contributed by atoms with E-state index >= 15 is 0 Å². The Morgan fingerprint density at radius 2 is 0.841 bits per heavy atom. The highest BCUT2D eigenvalue weighted by Crippen LogP contribution is 2.43. The molecule has 0 fully saturated rings. The molecule has 15 heteroatoms. The fraction of sp³-hybridized carbons (Fsp3) is 0.583. The van der Waals surface area contributed by atoms with E-state index in [2.05, 4.69) is 102 Å². The number of aliphatic hydroxyl groups is 1. The van der Waals surface area contributed by atoms with Gasteiger partial charge < -0.3 is 29.3 Å². The third-order valence-corrected chi connectivity index (χ3v) is 10.1. The summed E-state index contributed by atoms with van der Waals surface area (Å²) in [4.78, 5) is 52.7. The van der Waals surface area contributed by atoms with Crippen LogP contribution >= 0.6 is 15.6 Å². The average Bonchev–Trinajstić information content (AvgIpc) is 3.24. The molecule has 63 heavy (non-hydrogen) atoms. The van der Waals surface area contributed by atoms with Gasteiger partial charge in [0.25, 0.3) is 0 Å². The molecule has 4 N–H and O–H groups in total. The number of hydrogen-bond acceptors (Lipinski definition) is 10. The zero-order valence-electron chi connectivity index (χ0n) is 37.9. The topological polar surface area (TPSA) is 195 Å². The van der Waals surface area contributed by atoms with E-state index in [0.29, 0.717) is 25.7 Å². The van der Waals surface area contributed by atoms with Gasteiger partial charge in [-0.15, -0.1) is 0 Å². The van der Waals surface area contributed by atoms with E-state index in [-0.39, 0.29) is 12.8 Å². The smallest absolute Gasteiger partial charge is 0.462 e. The lowest BCUT2D eigenvalue weighted by molar-refractivity contribution is -0.161. The molecular formula is C48H78O13P2. The maximum absolute atomic E-state index is 12.7. The quantitative estimate of drug-likeness (QED) is 0.0196. The summed E-state index contributed by atoms with van der Waals surface area (Å²) in [6, 6.07) is 0. The van der Waals surface area contributed by atoms with E-state index < -0.39 is 66.2 Å². The molecule has 358 valence electrons. The van der Waals surface area contributed by atoms with Crippen LogP contribution in [-0.2, 0) is 41.8 Å². The number of phosphoric acid groups is 2. The number of aliphatic hydroxyl groups excluding tert-OH is 1. The van der Waals surface area contributed by atoms with Crippen LogP contribution in [-0.4, -0.2) is 70.4 Å². The van der Waals surface area contributed by atoms with Gasteiger partial charge in [-0.2, -0.15) is 0 Å². The number of ether oxygens (including phenoxy) is 2. The minimum absolute atomic E-state index is 0.0335. The summed E-state index contributed by atoms with van der Waals surface area (Å²) in [6.45, 7) is 1.54. The molecule has 0 bridgehead atoms. The Labute approximate surface area is 378 Å². The Kier molecular flexibility index (Phi) is 40.5. The van der Waals surface area contributed by atoms with Crippen molar-refractivity contribution in [3.05, 3.63) is 109 Å². The van der Waals surface area contributed by atoms with Gasteiger partial charge in [-0.25, -0.2) is 9.13 Å². The first-order valence-corrected chi connectivity index (χ1v) is 25.6. The third-order valence-electron chi connectivity index (χ3n) is 8.64. The van der Waals surface area contributed by atoms with Crippen LogP contribution in [0.1, 0.15) is 142 Å². The van der Waals surface area contributed by atoms with Crippen LogP contribution in [0, 0.1) is 0 Å². The molecule has 0 saturated carbocycles. The van der Waals surface area contributed by atoms with E-state index in [9.17, 15) is 28.7 Å². The first-order valence-electron chi connectivity index (χ1n) is 22.6. The Morgan fingerprint density at radius 3 is 1.27 bits per heavy atom. The SMILES string of the molecule is CCCCC/C=C\C/C=C\C/C=C\C/C=C\C/C=C\CCC(=O)OC[C@H](COP(=O)(O)OC[C@@H](O)COP(=O)(O)O)OC(=O)CCC/C=C\C/C=C\C/C=C\C/C=C\CCCCC. The van der Waals surface area contributed by atoms with E-state index in [0.717, 1.165) is 51.4 Å². The minimum Gasteiger partial charge on any atom is -0.462 e. The predicted octanol–water partition coefficient (Wildman–Crippen LogP) is 11.9. The minimum atomic E-state index is -4.88. The summed E-state index contributed by atoms with van der Waals surface area (Å²) in [5.41, 5.74) is 0. The second-order valence-electron chi connectivity index (χ2n) is 14.6. The van der Waals surface area contributed by atoms with Crippen molar-refractivity contribution in [3.63, 3.8) is 0 Å². The summed E-state index contributed by atoms with van der Waals surface area (Å²) in [5.74, 6) is -1.20. The van der Waals surface area contributed by atoms with Gasteiger partial charge in [0.05, 0.1) is 19.8 Å². The summed E-state index contributed by atoms with van der Waals surface area (Å²) in [5, 5.41) is 9.75. The highest BCUT2D eigenvalue weighted by atomic mass is 31.2. The second kappa shape index (κ2) is 42.7. The number of phosphoric ester groups is 2. The summed E-state index contributed by atoms with van der Waals surface area (Å²) in [6.07, 6.45) is 52.4. The highest BCUT2D eigenvalue weighted by molar-refractivity contribution is 7.47. The normalized spacial score (nSPS) is 15.0. The Balaban J connectivity index is 4.73. The molecule has 0 aromatic rings. The van der Waals surface area contributed by atoms with Crippen LogP contribution in [0.3, 0.4) is 0 Å². The number of unbranched alkanes of at least 4 members (excludes halogenated alkanes) is 7. The van der Waals surface area contributed by atoms with Gasteiger partial charge in [-0.3, -0.25) is 23.2 Å². The number of rotatable bonds is 41. The second-order valence-corrected chi connectivity index (χ2v) is 17.3. The van der Waals surface area contributed by atoms with Crippen LogP contribution in [0.4, 0.5) is 0 Å². The average molecular weight is 925 g/mol. The maximum atomic E-state index is 12.7. The van der Waals surface area contributed by atoms with E-state index in [4.69, 9.17) is 23.8 Å². The number of allylic oxidation sites excluding steroid dienone is 18. The van der Waals surface area contributed by atoms with Gasteiger partial charge in [0.15, 0.2) is 6.10 Å². The van der Waals surface area contributed by atoms with Crippen molar-refractivity contribution >= 4 is 27.6 Å². The molecule has 3 atom stereocenters. The zero-order chi connectivity index (χ0) is 46.5. The van der Waals surface area contributed by atoms with Gasteiger partial charge >= 0.3 is 27.6 Å².